The molecule has 4 nitrogen and oxygen atoms in total. The molecule has 1 heterocycles. The quantitative estimate of drug-likeness (QED) is 0.708. The summed E-state index contributed by atoms with van der Waals surface area (Å²) in [6.07, 6.45) is 1.18. The first-order chi connectivity index (χ1) is 6.74. The van der Waals surface area contributed by atoms with E-state index in [2.05, 4.69) is 0 Å². The van der Waals surface area contributed by atoms with Gasteiger partial charge in [-0.15, -0.1) is 0 Å². The molecule has 2 unspecified atom stereocenters. The van der Waals surface area contributed by atoms with Crippen molar-refractivity contribution in [2.24, 2.45) is 0 Å². The first-order valence-corrected chi connectivity index (χ1v) is 5.22. The molecule has 1 aliphatic heterocycles. The van der Waals surface area contributed by atoms with E-state index in [1.165, 1.54) is 0 Å². The first-order valence-electron chi connectivity index (χ1n) is 5.22. The molecule has 2 atom stereocenters. The lowest BCUT2D eigenvalue weighted by Gasteiger charge is -2.24. The smallest absolute Gasteiger partial charge is 0.0808 e. The van der Waals surface area contributed by atoms with Crippen LogP contribution in [0.3, 0.4) is 0 Å². The van der Waals surface area contributed by atoms with Crippen molar-refractivity contribution >= 4 is 0 Å². The maximum Gasteiger partial charge on any atom is 0.0808 e. The summed E-state index contributed by atoms with van der Waals surface area (Å²) in [7, 11) is 0. The maximum atomic E-state index is 8.92. The van der Waals surface area contributed by atoms with Crippen LogP contribution in [-0.4, -0.2) is 48.8 Å². The van der Waals surface area contributed by atoms with Gasteiger partial charge in [0.1, 0.15) is 0 Å². The molecule has 1 aliphatic rings. The molecule has 0 amide bonds. The fourth-order valence-electron chi connectivity index (χ4n) is 1.14. The molecule has 0 radical (unpaired) electrons. The Morgan fingerprint density at radius 2 is 1.93 bits per heavy atom. The van der Waals surface area contributed by atoms with Gasteiger partial charge in [0.2, 0.25) is 0 Å². The third-order valence-corrected chi connectivity index (χ3v) is 1.96. The Morgan fingerprint density at radius 3 is 2.21 bits per heavy atom. The zero-order valence-electron chi connectivity index (χ0n) is 9.11. The summed E-state index contributed by atoms with van der Waals surface area (Å²) in [5.41, 5.74) is 0. The lowest BCUT2D eigenvalue weighted by molar-refractivity contribution is -0.0733. The van der Waals surface area contributed by atoms with Gasteiger partial charge in [-0.1, -0.05) is 0 Å². The summed E-state index contributed by atoms with van der Waals surface area (Å²) in [4.78, 5) is 0. The van der Waals surface area contributed by atoms with Crippen LogP contribution in [0, 0.1) is 0 Å². The number of rotatable bonds is 3. The normalized spacial score (nSPS) is 26.6. The summed E-state index contributed by atoms with van der Waals surface area (Å²) >= 11 is 0. The Bertz CT molecular complexity index is 109. The van der Waals surface area contributed by atoms with Crippen LogP contribution in [0.15, 0.2) is 0 Å². The molecule has 0 aromatic rings. The van der Waals surface area contributed by atoms with Crippen LogP contribution in [0.5, 0.6) is 0 Å². The molecule has 0 saturated carbocycles. The van der Waals surface area contributed by atoms with Crippen molar-refractivity contribution in [3.8, 4) is 0 Å². The van der Waals surface area contributed by atoms with E-state index in [0.29, 0.717) is 6.61 Å². The zero-order chi connectivity index (χ0) is 10.8. The van der Waals surface area contributed by atoms with Crippen LogP contribution in [0.4, 0.5) is 0 Å². The molecule has 1 saturated heterocycles. The number of aliphatic hydroxyl groups excluding tert-OH is 2. The van der Waals surface area contributed by atoms with Gasteiger partial charge in [0, 0.05) is 13.2 Å². The monoisotopic (exact) mass is 206 g/mol. The van der Waals surface area contributed by atoms with Gasteiger partial charge in [0.05, 0.1) is 25.4 Å². The highest BCUT2D eigenvalue weighted by atomic mass is 16.5. The van der Waals surface area contributed by atoms with Crippen LogP contribution in [0.25, 0.3) is 0 Å². The Kier molecular flexibility index (Phi) is 9.29. The molecule has 1 fully saturated rings. The molecule has 86 valence electrons. The van der Waals surface area contributed by atoms with E-state index < -0.39 is 0 Å². The fraction of sp³-hybridized carbons (Fsp3) is 1.00. The summed E-state index contributed by atoms with van der Waals surface area (Å²) in [6.45, 7) is 6.12. The average Bonchev–Trinajstić information content (AvgIpc) is 2.21. The molecular formula is C10H22O4. The molecule has 1 rings (SSSR count). The summed E-state index contributed by atoms with van der Waals surface area (Å²) in [5, 5.41) is 17.5. The average molecular weight is 206 g/mol. The third kappa shape index (κ3) is 7.26. The SMILES string of the molecule is CCOCC.OCC1CCC(O)CO1. The molecule has 0 aromatic heterocycles. The fourth-order valence-corrected chi connectivity index (χ4v) is 1.14. The number of ether oxygens (including phenoxy) is 2. The van der Waals surface area contributed by atoms with Crippen molar-refractivity contribution in [1.29, 1.82) is 0 Å². The number of hydrogen-bond acceptors (Lipinski definition) is 4. The Morgan fingerprint density at radius 1 is 1.29 bits per heavy atom. The van der Waals surface area contributed by atoms with E-state index in [0.717, 1.165) is 26.1 Å². The van der Waals surface area contributed by atoms with Gasteiger partial charge in [-0.05, 0) is 26.7 Å². The largest absolute Gasteiger partial charge is 0.394 e. The van der Waals surface area contributed by atoms with E-state index in [4.69, 9.17) is 19.7 Å². The van der Waals surface area contributed by atoms with Crippen molar-refractivity contribution in [2.45, 2.75) is 38.9 Å². The van der Waals surface area contributed by atoms with Crippen LogP contribution < -0.4 is 0 Å². The highest BCUT2D eigenvalue weighted by Crippen LogP contribution is 2.11. The third-order valence-electron chi connectivity index (χ3n) is 1.96. The van der Waals surface area contributed by atoms with Gasteiger partial charge in [-0.2, -0.15) is 0 Å². The molecule has 4 heteroatoms. The standard InChI is InChI=1S/C6H12O3.C4H10O/c7-3-6-2-1-5(8)4-9-6;1-3-5-4-2/h5-8H,1-4H2;3-4H2,1-2H3. The lowest BCUT2D eigenvalue weighted by atomic mass is 10.1. The maximum absolute atomic E-state index is 8.92. The van der Waals surface area contributed by atoms with Crippen LogP contribution in [0.1, 0.15) is 26.7 Å². The summed E-state index contributed by atoms with van der Waals surface area (Å²) in [6, 6.07) is 0. The Balaban J connectivity index is 0.000000292. The van der Waals surface area contributed by atoms with E-state index in [-0.39, 0.29) is 18.8 Å². The minimum absolute atomic E-state index is 0.0339. The van der Waals surface area contributed by atoms with Crippen molar-refractivity contribution in [1.82, 2.24) is 0 Å². The van der Waals surface area contributed by atoms with E-state index >= 15 is 0 Å². The van der Waals surface area contributed by atoms with E-state index in [1.54, 1.807) is 0 Å². The van der Waals surface area contributed by atoms with Gasteiger partial charge in [0.25, 0.3) is 0 Å². The molecule has 0 spiro atoms. The summed E-state index contributed by atoms with van der Waals surface area (Å²) in [5.74, 6) is 0. The van der Waals surface area contributed by atoms with Gasteiger partial charge in [-0.25, -0.2) is 0 Å². The minimum atomic E-state index is -0.312. The van der Waals surface area contributed by atoms with Crippen LogP contribution in [0.2, 0.25) is 0 Å². The van der Waals surface area contributed by atoms with Gasteiger partial charge in [0.15, 0.2) is 0 Å². The number of aliphatic hydroxyl groups is 2. The lowest BCUT2D eigenvalue weighted by Crippen LogP contribution is -2.31. The predicted molar refractivity (Wildman–Crippen MR) is 54.2 cm³/mol. The van der Waals surface area contributed by atoms with E-state index in [1.807, 2.05) is 13.8 Å². The zero-order valence-corrected chi connectivity index (χ0v) is 9.11. The van der Waals surface area contributed by atoms with Crippen molar-refractivity contribution in [3.63, 3.8) is 0 Å². The van der Waals surface area contributed by atoms with Gasteiger partial charge in [-0.3, -0.25) is 0 Å². The molecule has 0 aliphatic carbocycles. The Labute approximate surface area is 85.8 Å². The molecule has 14 heavy (non-hydrogen) atoms. The van der Waals surface area contributed by atoms with E-state index in [9.17, 15) is 0 Å². The first kappa shape index (κ1) is 13.8. The number of hydrogen-bond donors (Lipinski definition) is 2. The minimum Gasteiger partial charge on any atom is -0.394 e. The van der Waals surface area contributed by atoms with Crippen molar-refractivity contribution in [2.75, 3.05) is 26.4 Å². The highest BCUT2D eigenvalue weighted by molar-refractivity contribution is 4.67. The molecule has 0 bridgehead atoms. The Hall–Kier alpha value is -0.160. The van der Waals surface area contributed by atoms with Crippen LogP contribution in [-0.2, 0) is 9.47 Å². The van der Waals surface area contributed by atoms with Crippen molar-refractivity contribution in [3.05, 3.63) is 0 Å². The predicted octanol–water partition coefficient (Wildman–Crippen LogP) is 0.561. The van der Waals surface area contributed by atoms with Crippen LogP contribution >= 0.6 is 0 Å². The highest BCUT2D eigenvalue weighted by Gasteiger charge is 2.18. The topological polar surface area (TPSA) is 58.9 Å². The second-order valence-corrected chi connectivity index (χ2v) is 3.15. The molecular weight excluding hydrogens is 184 g/mol. The second-order valence-electron chi connectivity index (χ2n) is 3.15. The molecule has 2 N–H and O–H groups in total. The molecule has 0 aromatic carbocycles. The second kappa shape index (κ2) is 9.40. The summed E-state index contributed by atoms with van der Waals surface area (Å²) < 4.78 is 9.87. The van der Waals surface area contributed by atoms with Gasteiger partial charge >= 0.3 is 0 Å². The van der Waals surface area contributed by atoms with Crippen molar-refractivity contribution < 1.29 is 19.7 Å². The van der Waals surface area contributed by atoms with Gasteiger partial charge < -0.3 is 19.7 Å².